The monoisotopic (exact) mass is 362 g/mol. The SMILES string of the molecule is Cc1ccc2c(c1)c(Cc1cnccc1C(=O)O)cn2CCC(F)(F)F. The maximum atomic E-state index is 12.6. The summed E-state index contributed by atoms with van der Waals surface area (Å²) in [5.74, 6) is -1.06. The number of aryl methyl sites for hydroxylation is 2. The Balaban J connectivity index is 2.03. The molecule has 0 aliphatic carbocycles. The number of benzene rings is 1. The highest BCUT2D eigenvalue weighted by molar-refractivity contribution is 5.90. The number of aromatic carboxylic acids is 1. The van der Waals surface area contributed by atoms with Crippen molar-refractivity contribution in [3.05, 3.63) is 65.1 Å². The fraction of sp³-hybridized carbons (Fsp3) is 0.263. The van der Waals surface area contributed by atoms with Gasteiger partial charge < -0.3 is 9.67 Å². The lowest BCUT2D eigenvalue weighted by atomic mass is 10.0. The molecule has 0 amide bonds. The van der Waals surface area contributed by atoms with Crippen molar-refractivity contribution < 1.29 is 23.1 Å². The van der Waals surface area contributed by atoms with E-state index in [0.29, 0.717) is 11.1 Å². The normalized spacial score (nSPS) is 11.8. The number of hydrogen-bond donors (Lipinski definition) is 1. The molecule has 0 fully saturated rings. The van der Waals surface area contributed by atoms with E-state index in [0.717, 1.165) is 16.5 Å². The Bertz CT molecular complexity index is 961. The van der Waals surface area contributed by atoms with Gasteiger partial charge in [-0.15, -0.1) is 0 Å². The minimum Gasteiger partial charge on any atom is -0.478 e. The van der Waals surface area contributed by atoms with E-state index in [1.54, 1.807) is 16.8 Å². The summed E-state index contributed by atoms with van der Waals surface area (Å²) >= 11 is 0. The lowest BCUT2D eigenvalue weighted by Gasteiger charge is -2.08. The second kappa shape index (κ2) is 6.82. The van der Waals surface area contributed by atoms with Crippen LogP contribution in [0, 0.1) is 6.92 Å². The van der Waals surface area contributed by atoms with Crippen molar-refractivity contribution in [3.8, 4) is 0 Å². The maximum Gasteiger partial charge on any atom is 0.390 e. The molecular weight excluding hydrogens is 345 g/mol. The van der Waals surface area contributed by atoms with Gasteiger partial charge >= 0.3 is 12.1 Å². The largest absolute Gasteiger partial charge is 0.478 e. The Kier molecular flexibility index (Phi) is 4.71. The van der Waals surface area contributed by atoms with Gasteiger partial charge in [0.05, 0.1) is 12.0 Å². The standard InChI is InChI=1S/C19H17F3N2O2/c1-12-2-3-17-16(8-12)14(11-24(17)7-5-19(20,21)22)9-13-10-23-6-4-15(13)18(25)26/h2-4,6,8,10-11H,5,7,9H2,1H3,(H,25,26). The summed E-state index contributed by atoms with van der Waals surface area (Å²) in [4.78, 5) is 15.4. The summed E-state index contributed by atoms with van der Waals surface area (Å²) in [5.41, 5.74) is 3.13. The second-order valence-corrected chi connectivity index (χ2v) is 6.25. The molecule has 3 aromatic rings. The molecule has 0 saturated heterocycles. The molecule has 2 aromatic heterocycles. The van der Waals surface area contributed by atoms with E-state index >= 15 is 0 Å². The molecule has 0 atom stereocenters. The number of alkyl halides is 3. The molecule has 2 heterocycles. The molecule has 0 spiro atoms. The van der Waals surface area contributed by atoms with E-state index in [1.165, 1.54) is 18.5 Å². The molecule has 0 aliphatic heterocycles. The number of rotatable bonds is 5. The van der Waals surface area contributed by atoms with Crippen molar-refractivity contribution in [1.82, 2.24) is 9.55 Å². The molecule has 7 heteroatoms. The molecule has 26 heavy (non-hydrogen) atoms. The number of fused-ring (bicyclic) bond motifs is 1. The van der Waals surface area contributed by atoms with E-state index in [9.17, 15) is 23.1 Å². The zero-order valence-electron chi connectivity index (χ0n) is 14.0. The molecule has 1 N–H and O–H groups in total. The predicted octanol–water partition coefficient (Wildman–Crippen LogP) is 4.59. The van der Waals surface area contributed by atoms with E-state index < -0.39 is 18.6 Å². The number of carboxylic acid groups (broad SMARTS) is 1. The molecule has 0 aliphatic rings. The quantitative estimate of drug-likeness (QED) is 0.722. The maximum absolute atomic E-state index is 12.6. The van der Waals surface area contributed by atoms with Crippen molar-refractivity contribution in [2.75, 3.05) is 0 Å². The molecule has 136 valence electrons. The van der Waals surface area contributed by atoms with Crippen LogP contribution < -0.4 is 0 Å². The third-order valence-corrected chi connectivity index (χ3v) is 4.27. The lowest BCUT2D eigenvalue weighted by Crippen LogP contribution is -2.11. The number of nitrogens with zero attached hydrogens (tertiary/aromatic N) is 2. The van der Waals surface area contributed by atoms with Crippen LogP contribution in [0.4, 0.5) is 13.2 Å². The van der Waals surface area contributed by atoms with Crippen LogP contribution in [0.5, 0.6) is 0 Å². The van der Waals surface area contributed by atoms with Crippen molar-refractivity contribution in [3.63, 3.8) is 0 Å². The molecular formula is C19H17F3N2O2. The van der Waals surface area contributed by atoms with Crippen LogP contribution >= 0.6 is 0 Å². The number of pyridine rings is 1. The summed E-state index contributed by atoms with van der Waals surface area (Å²) < 4.78 is 39.4. The summed E-state index contributed by atoms with van der Waals surface area (Å²) in [6.07, 6.45) is -0.302. The topological polar surface area (TPSA) is 55.1 Å². The van der Waals surface area contributed by atoms with Gasteiger partial charge in [0, 0.05) is 42.5 Å². The second-order valence-electron chi connectivity index (χ2n) is 6.25. The first-order valence-electron chi connectivity index (χ1n) is 8.06. The first-order chi connectivity index (χ1) is 12.2. The first kappa shape index (κ1) is 18.0. The fourth-order valence-electron chi connectivity index (χ4n) is 3.04. The number of hydrogen-bond acceptors (Lipinski definition) is 2. The molecule has 0 radical (unpaired) electrons. The minimum absolute atomic E-state index is 0.142. The Labute approximate surface area is 147 Å². The highest BCUT2D eigenvalue weighted by Crippen LogP contribution is 2.28. The van der Waals surface area contributed by atoms with Gasteiger partial charge in [-0.3, -0.25) is 4.98 Å². The number of carboxylic acids is 1. The Morgan fingerprint density at radius 3 is 2.69 bits per heavy atom. The zero-order chi connectivity index (χ0) is 18.9. The summed E-state index contributed by atoms with van der Waals surface area (Å²) in [6.45, 7) is 1.73. The van der Waals surface area contributed by atoms with Crippen LogP contribution in [0.2, 0.25) is 0 Å². The van der Waals surface area contributed by atoms with Crippen LogP contribution in [0.15, 0.2) is 42.9 Å². The van der Waals surface area contributed by atoms with E-state index in [1.807, 2.05) is 19.1 Å². The van der Waals surface area contributed by atoms with Crippen molar-refractivity contribution >= 4 is 16.9 Å². The predicted molar refractivity (Wildman–Crippen MR) is 91.3 cm³/mol. The Hall–Kier alpha value is -2.83. The van der Waals surface area contributed by atoms with E-state index in [-0.39, 0.29) is 18.5 Å². The number of carbonyl (C=O) groups is 1. The van der Waals surface area contributed by atoms with Crippen LogP contribution in [0.1, 0.15) is 33.5 Å². The Morgan fingerprint density at radius 1 is 1.23 bits per heavy atom. The average molecular weight is 362 g/mol. The number of aromatic nitrogens is 2. The molecule has 1 aromatic carbocycles. The van der Waals surface area contributed by atoms with Gasteiger partial charge in [-0.2, -0.15) is 13.2 Å². The van der Waals surface area contributed by atoms with Gasteiger partial charge in [-0.1, -0.05) is 11.6 Å². The molecule has 3 rings (SSSR count). The van der Waals surface area contributed by atoms with Gasteiger partial charge in [0.25, 0.3) is 0 Å². The van der Waals surface area contributed by atoms with E-state index in [2.05, 4.69) is 4.98 Å². The first-order valence-corrected chi connectivity index (χ1v) is 8.06. The van der Waals surface area contributed by atoms with E-state index in [4.69, 9.17) is 0 Å². The molecule has 4 nitrogen and oxygen atoms in total. The van der Waals surface area contributed by atoms with Crippen LogP contribution in [0.25, 0.3) is 10.9 Å². The van der Waals surface area contributed by atoms with Gasteiger partial charge in [-0.05, 0) is 36.2 Å². The summed E-state index contributed by atoms with van der Waals surface area (Å²) in [6, 6.07) is 6.98. The highest BCUT2D eigenvalue weighted by Gasteiger charge is 2.27. The van der Waals surface area contributed by atoms with Crippen molar-refractivity contribution in [2.45, 2.75) is 32.5 Å². The Morgan fingerprint density at radius 2 is 2.00 bits per heavy atom. The zero-order valence-corrected chi connectivity index (χ0v) is 14.0. The minimum atomic E-state index is -4.23. The van der Waals surface area contributed by atoms with Crippen LogP contribution in [0.3, 0.4) is 0 Å². The van der Waals surface area contributed by atoms with Crippen molar-refractivity contribution in [2.24, 2.45) is 0 Å². The molecule has 0 unspecified atom stereocenters. The van der Waals surface area contributed by atoms with Gasteiger partial charge in [0.1, 0.15) is 0 Å². The average Bonchev–Trinajstić information content (AvgIpc) is 2.90. The van der Waals surface area contributed by atoms with Crippen molar-refractivity contribution in [1.29, 1.82) is 0 Å². The van der Waals surface area contributed by atoms with Crippen LogP contribution in [-0.4, -0.2) is 26.8 Å². The van der Waals surface area contributed by atoms with Gasteiger partial charge in [-0.25, -0.2) is 4.79 Å². The fourth-order valence-corrected chi connectivity index (χ4v) is 3.04. The molecule has 0 saturated carbocycles. The van der Waals surface area contributed by atoms with Gasteiger partial charge in [0.15, 0.2) is 0 Å². The summed E-state index contributed by atoms with van der Waals surface area (Å²) in [7, 11) is 0. The van der Waals surface area contributed by atoms with Crippen LogP contribution in [-0.2, 0) is 13.0 Å². The lowest BCUT2D eigenvalue weighted by molar-refractivity contribution is -0.136. The smallest absolute Gasteiger partial charge is 0.390 e. The highest BCUT2D eigenvalue weighted by atomic mass is 19.4. The molecule has 0 bridgehead atoms. The third kappa shape index (κ3) is 3.87. The number of halogens is 3. The van der Waals surface area contributed by atoms with Gasteiger partial charge in [0.2, 0.25) is 0 Å². The summed E-state index contributed by atoms with van der Waals surface area (Å²) in [5, 5.41) is 10.1. The third-order valence-electron chi connectivity index (χ3n) is 4.27.